The number of para-hydroxylation sites is 4. The molecule has 0 atom stereocenters. The fourth-order valence-electron chi connectivity index (χ4n) is 8.48. The van der Waals surface area contributed by atoms with Gasteiger partial charge in [-0.25, -0.2) is 9.97 Å². The van der Waals surface area contributed by atoms with Crippen LogP contribution < -0.4 is 4.90 Å². The van der Waals surface area contributed by atoms with Crippen molar-refractivity contribution in [1.29, 1.82) is 0 Å². The van der Waals surface area contributed by atoms with Crippen LogP contribution in [-0.2, 0) is 0 Å². The molecule has 0 saturated carbocycles. The fourth-order valence-corrected chi connectivity index (χ4v) is 8.48. The van der Waals surface area contributed by atoms with Gasteiger partial charge in [0.1, 0.15) is 0 Å². The number of nitrogens with zero attached hydrogens (tertiary/aromatic N) is 4. The summed E-state index contributed by atoms with van der Waals surface area (Å²) < 4.78 is 2.36. The number of hydrogen-bond donors (Lipinski definition) is 0. The number of anilines is 3. The minimum absolute atomic E-state index is 0.859. The molecule has 60 heavy (non-hydrogen) atoms. The molecule has 4 nitrogen and oxygen atoms in total. The first-order valence-corrected chi connectivity index (χ1v) is 20.3. The minimum atomic E-state index is 0.859. The van der Waals surface area contributed by atoms with Crippen LogP contribution in [0.25, 0.3) is 83.3 Å². The van der Waals surface area contributed by atoms with Gasteiger partial charge in [0.2, 0.25) is 0 Å². The van der Waals surface area contributed by atoms with Gasteiger partial charge in [0.05, 0.1) is 33.5 Å². The molecule has 2 aromatic heterocycles. The summed E-state index contributed by atoms with van der Waals surface area (Å²) in [4.78, 5) is 12.6. The van der Waals surface area contributed by atoms with E-state index in [9.17, 15) is 0 Å². The average Bonchev–Trinajstić information content (AvgIpc) is 3.66. The lowest BCUT2D eigenvalue weighted by molar-refractivity contribution is 1.18. The maximum absolute atomic E-state index is 5.17. The van der Waals surface area contributed by atoms with Crippen molar-refractivity contribution < 1.29 is 0 Å². The SMILES string of the molecule is c1ccc(-c2cccc(N(c3ccc(-c4ccc5c(c4)c4ccccc4n5-c4ccccc4)cc3)c3ccc(-c4nc5ccccc5nc4-c4ccccc4)cc3)c2)cc1. The quantitative estimate of drug-likeness (QED) is 0.154. The zero-order chi connectivity index (χ0) is 39.8. The smallest absolute Gasteiger partial charge is 0.0973 e. The highest BCUT2D eigenvalue weighted by molar-refractivity contribution is 6.10. The molecule has 0 bridgehead atoms. The molecule has 0 spiro atoms. The Hall–Kier alpha value is -8.08. The summed E-state index contributed by atoms with van der Waals surface area (Å²) >= 11 is 0. The maximum Gasteiger partial charge on any atom is 0.0973 e. The predicted octanol–water partition coefficient (Wildman–Crippen LogP) is 14.9. The van der Waals surface area contributed by atoms with Crippen molar-refractivity contribution >= 4 is 49.9 Å². The Morgan fingerprint density at radius 3 is 1.43 bits per heavy atom. The Morgan fingerprint density at radius 1 is 0.300 bits per heavy atom. The van der Waals surface area contributed by atoms with Crippen LogP contribution in [-0.4, -0.2) is 14.5 Å². The van der Waals surface area contributed by atoms with Gasteiger partial charge in [-0.3, -0.25) is 0 Å². The summed E-state index contributed by atoms with van der Waals surface area (Å²) in [5, 5.41) is 2.48. The molecule has 4 heteroatoms. The molecule has 282 valence electrons. The molecule has 0 fully saturated rings. The Morgan fingerprint density at radius 2 is 0.767 bits per heavy atom. The van der Waals surface area contributed by atoms with Crippen molar-refractivity contribution in [2.45, 2.75) is 0 Å². The van der Waals surface area contributed by atoms with Crippen LogP contribution >= 0.6 is 0 Å². The average molecular weight is 767 g/mol. The maximum atomic E-state index is 5.17. The summed E-state index contributed by atoms with van der Waals surface area (Å²) in [7, 11) is 0. The van der Waals surface area contributed by atoms with Crippen LogP contribution in [0.2, 0.25) is 0 Å². The van der Waals surface area contributed by atoms with Crippen LogP contribution in [0.3, 0.4) is 0 Å². The van der Waals surface area contributed by atoms with Gasteiger partial charge >= 0.3 is 0 Å². The van der Waals surface area contributed by atoms with E-state index in [1.807, 2.05) is 30.3 Å². The third kappa shape index (κ3) is 6.37. The van der Waals surface area contributed by atoms with Crippen LogP contribution in [0.1, 0.15) is 0 Å². The first kappa shape index (κ1) is 35.1. The van der Waals surface area contributed by atoms with E-state index in [1.54, 1.807) is 0 Å². The molecular weight excluding hydrogens is 729 g/mol. The van der Waals surface area contributed by atoms with Crippen molar-refractivity contribution in [2.75, 3.05) is 4.90 Å². The molecule has 0 radical (unpaired) electrons. The minimum Gasteiger partial charge on any atom is -0.310 e. The molecule has 0 aliphatic heterocycles. The van der Waals surface area contributed by atoms with Gasteiger partial charge < -0.3 is 9.47 Å². The van der Waals surface area contributed by atoms with Gasteiger partial charge in [-0.15, -0.1) is 0 Å². The second kappa shape index (κ2) is 15.0. The highest BCUT2D eigenvalue weighted by atomic mass is 15.1. The van der Waals surface area contributed by atoms with Crippen molar-refractivity contribution in [1.82, 2.24) is 14.5 Å². The van der Waals surface area contributed by atoms with Gasteiger partial charge in [-0.05, 0) is 101 Å². The molecule has 0 amide bonds. The largest absolute Gasteiger partial charge is 0.310 e. The van der Waals surface area contributed by atoms with Gasteiger partial charge in [0, 0.05) is 44.6 Å². The van der Waals surface area contributed by atoms with E-state index in [4.69, 9.17) is 9.97 Å². The molecule has 2 heterocycles. The molecule has 9 aromatic carbocycles. The molecule has 0 N–H and O–H groups in total. The summed E-state index contributed by atoms with van der Waals surface area (Å²) in [5.41, 5.74) is 16.9. The van der Waals surface area contributed by atoms with E-state index in [-0.39, 0.29) is 0 Å². The van der Waals surface area contributed by atoms with Crippen molar-refractivity contribution in [3.05, 3.63) is 231 Å². The molecule has 0 aliphatic rings. The lowest BCUT2D eigenvalue weighted by atomic mass is 10.0. The number of rotatable bonds is 8. The standard InChI is InChI=1S/C56H38N4/c1-4-15-39(16-5-1)43-19-14-22-48(37-43)59(47-34-29-42(30-35-47)56-55(41-17-6-2-7-18-41)57-51-24-11-12-25-52(51)58-56)46-32-27-40(28-33-46)44-31-36-54-50(38-44)49-23-10-13-26-53(49)60(54)45-20-8-3-9-21-45/h1-38H. The molecule has 11 aromatic rings. The molecule has 0 unspecified atom stereocenters. The second-order valence-corrected chi connectivity index (χ2v) is 15.0. The van der Waals surface area contributed by atoms with E-state index >= 15 is 0 Å². The Bertz CT molecular complexity index is 3280. The number of hydrogen-bond acceptors (Lipinski definition) is 3. The second-order valence-electron chi connectivity index (χ2n) is 15.0. The van der Waals surface area contributed by atoms with E-state index < -0.39 is 0 Å². The lowest BCUT2D eigenvalue weighted by Crippen LogP contribution is -2.10. The van der Waals surface area contributed by atoms with Gasteiger partial charge in [-0.2, -0.15) is 0 Å². The molecular formula is C56H38N4. The van der Waals surface area contributed by atoms with E-state index in [2.05, 4.69) is 210 Å². The summed E-state index contributed by atoms with van der Waals surface area (Å²) in [6, 6.07) is 81.6. The Kier molecular flexibility index (Phi) is 8.79. The highest BCUT2D eigenvalue weighted by Gasteiger charge is 2.18. The summed E-state index contributed by atoms with van der Waals surface area (Å²) in [5.74, 6) is 0. The van der Waals surface area contributed by atoms with Crippen molar-refractivity contribution in [3.63, 3.8) is 0 Å². The first-order chi connectivity index (χ1) is 29.7. The Labute approximate surface area is 348 Å². The monoisotopic (exact) mass is 766 g/mol. The molecule has 0 saturated heterocycles. The van der Waals surface area contributed by atoms with Crippen LogP contribution in [0.15, 0.2) is 231 Å². The van der Waals surface area contributed by atoms with Crippen molar-refractivity contribution in [3.8, 4) is 50.5 Å². The fraction of sp³-hybridized carbons (Fsp3) is 0. The number of benzene rings is 9. The normalized spacial score (nSPS) is 11.3. The van der Waals surface area contributed by atoms with E-state index in [0.717, 1.165) is 67.4 Å². The zero-order valence-electron chi connectivity index (χ0n) is 32.7. The number of aromatic nitrogens is 3. The molecule has 0 aliphatic carbocycles. The van der Waals surface area contributed by atoms with E-state index in [1.165, 1.54) is 32.9 Å². The third-order valence-electron chi connectivity index (χ3n) is 11.4. The highest BCUT2D eigenvalue weighted by Crippen LogP contribution is 2.40. The van der Waals surface area contributed by atoms with E-state index in [0.29, 0.717) is 0 Å². The summed E-state index contributed by atoms with van der Waals surface area (Å²) in [6.45, 7) is 0. The first-order valence-electron chi connectivity index (χ1n) is 20.3. The predicted molar refractivity (Wildman–Crippen MR) is 250 cm³/mol. The number of fused-ring (bicyclic) bond motifs is 4. The summed E-state index contributed by atoms with van der Waals surface area (Å²) in [6.07, 6.45) is 0. The topological polar surface area (TPSA) is 34.0 Å². The van der Waals surface area contributed by atoms with Crippen LogP contribution in [0, 0.1) is 0 Å². The van der Waals surface area contributed by atoms with Crippen LogP contribution in [0.5, 0.6) is 0 Å². The van der Waals surface area contributed by atoms with Crippen molar-refractivity contribution in [2.24, 2.45) is 0 Å². The van der Waals surface area contributed by atoms with Gasteiger partial charge in [0.15, 0.2) is 0 Å². The third-order valence-corrected chi connectivity index (χ3v) is 11.4. The van der Waals surface area contributed by atoms with Gasteiger partial charge in [0.25, 0.3) is 0 Å². The Balaban J connectivity index is 1.00. The lowest BCUT2D eigenvalue weighted by Gasteiger charge is -2.26. The van der Waals surface area contributed by atoms with Gasteiger partial charge in [-0.1, -0.05) is 152 Å². The zero-order valence-corrected chi connectivity index (χ0v) is 32.7. The van der Waals surface area contributed by atoms with Crippen LogP contribution in [0.4, 0.5) is 17.1 Å². The molecule has 11 rings (SSSR count).